The highest BCUT2D eigenvalue weighted by molar-refractivity contribution is 7.11. The molecule has 2 heterocycles. The van der Waals surface area contributed by atoms with Crippen LogP contribution in [0.1, 0.15) is 49.0 Å². The van der Waals surface area contributed by atoms with Gasteiger partial charge in [-0.25, -0.2) is 0 Å². The van der Waals surface area contributed by atoms with Gasteiger partial charge in [-0.15, -0.1) is 21.5 Å². The highest BCUT2D eigenvalue weighted by Crippen LogP contribution is 2.35. The van der Waals surface area contributed by atoms with Crippen molar-refractivity contribution in [2.24, 2.45) is 5.92 Å². The number of nitrogens with zero attached hydrogens (tertiary/aromatic N) is 3. The van der Waals surface area contributed by atoms with E-state index < -0.39 is 0 Å². The minimum absolute atomic E-state index is 0.0180. The monoisotopic (exact) mass is 379 g/mol. The predicted octanol–water partition coefficient (Wildman–Crippen LogP) is 1.27. The molecule has 2 N–H and O–H groups in total. The van der Waals surface area contributed by atoms with Gasteiger partial charge in [0.1, 0.15) is 10.0 Å². The summed E-state index contributed by atoms with van der Waals surface area (Å²) >= 11 is 1.58. The zero-order valence-electron chi connectivity index (χ0n) is 15.7. The second kappa shape index (κ2) is 8.90. The Morgan fingerprint density at radius 1 is 1.15 bits per heavy atom. The Hall–Kier alpha value is -1.54. The Bertz CT molecular complexity index is 631. The molecule has 1 aromatic heterocycles. The van der Waals surface area contributed by atoms with Crippen LogP contribution in [0.15, 0.2) is 0 Å². The van der Waals surface area contributed by atoms with E-state index in [0.29, 0.717) is 25.6 Å². The van der Waals surface area contributed by atoms with Crippen LogP contribution >= 0.6 is 11.3 Å². The van der Waals surface area contributed by atoms with Gasteiger partial charge in [0, 0.05) is 51.5 Å². The maximum Gasteiger partial charge on any atom is 0.221 e. The van der Waals surface area contributed by atoms with Gasteiger partial charge in [0.2, 0.25) is 11.8 Å². The van der Waals surface area contributed by atoms with Crippen LogP contribution in [0.25, 0.3) is 0 Å². The molecule has 2 fully saturated rings. The second-order valence-electron chi connectivity index (χ2n) is 7.48. The first-order chi connectivity index (χ1) is 12.5. The lowest BCUT2D eigenvalue weighted by Gasteiger charge is -2.30. The highest BCUT2D eigenvalue weighted by Gasteiger charge is 2.37. The fourth-order valence-corrected chi connectivity index (χ4v) is 4.35. The molecule has 0 radical (unpaired) electrons. The molecular formula is C18H29N5O2S. The van der Waals surface area contributed by atoms with Gasteiger partial charge in [0.15, 0.2) is 0 Å². The van der Waals surface area contributed by atoms with Crippen LogP contribution in [0.3, 0.4) is 0 Å². The molecule has 26 heavy (non-hydrogen) atoms. The lowest BCUT2D eigenvalue weighted by atomic mass is 10.1. The Balaban J connectivity index is 1.45. The molecule has 1 saturated carbocycles. The number of hydrogen-bond acceptors (Lipinski definition) is 6. The van der Waals surface area contributed by atoms with E-state index in [1.807, 2.05) is 6.92 Å². The topological polar surface area (TPSA) is 87.2 Å². The number of carbonyl (C=O) groups excluding carboxylic acids is 2. The molecule has 2 atom stereocenters. The van der Waals surface area contributed by atoms with Crippen LogP contribution in [0.2, 0.25) is 0 Å². The van der Waals surface area contributed by atoms with Gasteiger partial charge in [-0.3, -0.25) is 14.5 Å². The van der Waals surface area contributed by atoms with Gasteiger partial charge in [0.05, 0.1) is 0 Å². The lowest BCUT2D eigenvalue weighted by molar-refractivity contribution is -0.122. The minimum Gasteiger partial charge on any atom is -0.356 e. The molecular weight excluding hydrogens is 350 g/mol. The van der Waals surface area contributed by atoms with Gasteiger partial charge in [-0.2, -0.15) is 0 Å². The van der Waals surface area contributed by atoms with E-state index in [4.69, 9.17) is 0 Å². The SMILES string of the molecule is CC(=O)NC[C@H]1CC[C@@H](CC(=O)NCCc2nnc(C)s2)N1CC1CC1. The summed E-state index contributed by atoms with van der Waals surface area (Å²) in [6.07, 6.45) is 5.94. The molecule has 1 aliphatic heterocycles. The van der Waals surface area contributed by atoms with Crippen molar-refractivity contribution in [2.45, 2.75) is 64.5 Å². The van der Waals surface area contributed by atoms with Gasteiger partial charge < -0.3 is 10.6 Å². The van der Waals surface area contributed by atoms with Gasteiger partial charge in [0.25, 0.3) is 0 Å². The zero-order valence-corrected chi connectivity index (χ0v) is 16.5. The highest BCUT2D eigenvalue weighted by atomic mass is 32.1. The average molecular weight is 380 g/mol. The Morgan fingerprint density at radius 2 is 1.92 bits per heavy atom. The van der Waals surface area contributed by atoms with Crippen molar-refractivity contribution in [3.8, 4) is 0 Å². The van der Waals surface area contributed by atoms with E-state index in [1.54, 1.807) is 18.3 Å². The molecule has 144 valence electrons. The zero-order chi connectivity index (χ0) is 18.5. The number of amides is 2. The van der Waals surface area contributed by atoms with E-state index in [0.717, 1.165) is 41.7 Å². The number of aromatic nitrogens is 2. The third-order valence-electron chi connectivity index (χ3n) is 5.17. The standard InChI is InChI=1S/C18H29N5O2S/c1-12(24)20-10-16-6-5-15(23(16)11-14-3-4-14)9-17(25)19-8-7-18-22-21-13(2)26-18/h14-16H,3-11H2,1-2H3,(H,19,25)(H,20,24)/t15-,16+/m0/s1. The van der Waals surface area contributed by atoms with Gasteiger partial charge in [-0.05, 0) is 38.5 Å². The van der Waals surface area contributed by atoms with Crippen molar-refractivity contribution in [2.75, 3.05) is 19.6 Å². The van der Waals surface area contributed by atoms with Crippen LogP contribution in [0, 0.1) is 12.8 Å². The molecule has 2 aliphatic rings. The third kappa shape index (κ3) is 5.74. The second-order valence-corrected chi connectivity index (χ2v) is 8.75. The number of rotatable bonds is 9. The number of likely N-dealkylation sites (tertiary alicyclic amines) is 1. The molecule has 2 amide bonds. The molecule has 1 saturated heterocycles. The molecule has 1 aliphatic carbocycles. The molecule has 0 bridgehead atoms. The summed E-state index contributed by atoms with van der Waals surface area (Å²) in [4.78, 5) is 26.1. The maximum absolute atomic E-state index is 12.4. The summed E-state index contributed by atoms with van der Waals surface area (Å²) < 4.78 is 0. The Kier molecular flexibility index (Phi) is 6.58. The Labute approximate surface area is 158 Å². The van der Waals surface area contributed by atoms with Crippen molar-refractivity contribution in [3.63, 3.8) is 0 Å². The van der Waals surface area contributed by atoms with E-state index in [-0.39, 0.29) is 17.9 Å². The molecule has 0 unspecified atom stereocenters. The van der Waals surface area contributed by atoms with Crippen LogP contribution in [0.4, 0.5) is 0 Å². The summed E-state index contributed by atoms with van der Waals surface area (Å²) in [5.74, 6) is 0.904. The van der Waals surface area contributed by atoms with Crippen LogP contribution < -0.4 is 10.6 Å². The van der Waals surface area contributed by atoms with Crippen LogP contribution in [-0.4, -0.2) is 58.6 Å². The van der Waals surface area contributed by atoms with Crippen molar-refractivity contribution >= 4 is 23.2 Å². The molecule has 3 rings (SSSR count). The van der Waals surface area contributed by atoms with E-state index >= 15 is 0 Å². The van der Waals surface area contributed by atoms with E-state index in [2.05, 4.69) is 25.7 Å². The summed E-state index contributed by atoms with van der Waals surface area (Å²) in [7, 11) is 0. The number of nitrogens with one attached hydrogen (secondary N) is 2. The van der Waals surface area contributed by atoms with Crippen molar-refractivity contribution in [3.05, 3.63) is 10.0 Å². The molecule has 7 nitrogen and oxygen atoms in total. The fraction of sp³-hybridized carbons (Fsp3) is 0.778. The first-order valence-corrected chi connectivity index (χ1v) is 10.4. The normalized spacial score (nSPS) is 23.2. The third-order valence-corrected chi connectivity index (χ3v) is 6.07. The van der Waals surface area contributed by atoms with Gasteiger partial charge >= 0.3 is 0 Å². The van der Waals surface area contributed by atoms with E-state index in [9.17, 15) is 9.59 Å². The number of carbonyl (C=O) groups is 2. The maximum atomic E-state index is 12.4. The van der Waals surface area contributed by atoms with Crippen molar-refractivity contribution in [1.82, 2.24) is 25.7 Å². The average Bonchev–Trinajstić information content (AvgIpc) is 3.20. The quantitative estimate of drug-likeness (QED) is 0.675. The smallest absolute Gasteiger partial charge is 0.221 e. The number of aryl methyl sites for hydroxylation is 1. The molecule has 0 aromatic carbocycles. The fourth-order valence-electron chi connectivity index (χ4n) is 3.65. The minimum atomic E-state index is 0.0180. The van der Waals surface area contributed by atoms with Crippen LogP contribution in [0.5, 0.6) is 0 Å². The predicted molar refractivity (Wildman–Crippen MR) is 101 cm³/mol. The summed E-state index contributed by atoms with van der Waals surface area (Å²) in [6.45, 7) is 5.86. The van der Waals surface area contributed by atoms with Crippen molar-refractivity contribution < 1.29 is 9.59 Å². The first kappa shape index (κ1) is 19.2. The first-order valence-electron chi connectivity index (χ1n) is 9.57. The summed E-state index contributed by atoms with van der Waals surface area (Å²) in [6, 6.07) is 0.653. The molecule has 8 heteroatoms. The number of hydrogen-bond donors (Lipinski definition) is 2. The summed E-state index contributed by atoms with van der Waals surface area (Å²) in [5.41, 5.74) is 0. The summed E-state index contributed by atoms with van der Waals surface area (Å²) in [5, 5.41) is 16.0. The lowest BCUT2D eigenvalue weighted by Crippen LogP contribution is -2.45. The molecule has 1 aromatic rings. The Morgan fingerprint density at radius 3 is 2.58 bits per heavy atom. The van der Waals surface area contributed by atoms with Crippen molar-refractivity contribution in [1.29, 1.82) is 0 Å². The molecule has 0 spiro atoms. The van der Waals surface area contributed by atoms with E-state index in [1.165, 1.54) is 12.8 Å². The van der Waals surface area contributed by atoms with Crippen LogP contribution in [-0.2, 0) is 16.0 Å². The largest absolute Gasteiger partial charge is 0.356 e. The van der Waals surface area contributed by atoms with Gasteiger partial charge in [-0.1, -0.05) is 0 Å².